The average Bonchev–Trinajstić information content (AvgIpc) is 3.44. The third kappa shape index (κ3) is 4.04. The van der Waals surface area contributed by atoms with Gasteiger partial charge in [0, 0.05) is 16.2 Å². The molecule has 0 saturated heterocycles. The molecule has 2 aromatic heterocycles. The molecule has 0 radical (unpaired) electrons. The normalized spacial score (nSPS) is 11.1. The van der Waals surface area contributed by atoms with Crippen molar-refractivity contribution in [3.63, 3.8) is 0 Å². The number of hydrogen-bond donors (Lipinski definition) is 2. The van der Waals surface area contributed by atoms with E-state index in [0.717, 1.165) is 5.39 Å². The third-order valence-electron chi connectivity index (χ3n) is 5.64. The molecule has 0 unspecified atom stereocenters. The highest BCUT2D eigenvalue weighted by molar-refractivity contribution is 6.26. The van der Waals surface area contributed by atoms with Crippen molar-refractivity contribution in [3.8, 4) is 0 Å². The average molecular weight is 495 g/mol. The molecule has 2 N–H and O–H groups in total. The molecule has 10 nitrogen and oxygen atoms in total. The minimum atomic E-state index is -0.706. The molecule has 188 valence electrons. The summed E-state index contributed by atoms with van der Waals surface area (Å²) in [6.07, 6.45) is 0. The second kappa shape index (κ2) is 10.1. The summed E-state index contributed by atoms with van der Waals surface area (Å²) in [5.41, 5.74) is 0.890. The van der Waals surface area contributed by atoms with Gasteiger partial charge in [0.05, 0.1) is 48.6 Å². The van der Waals surface area contributed by atoms with Crippen molar-refractivity contribution in [2.75, 3.05) is 26.4 Å². The summed E-state index contributed by atoms with van der Waals surface area (Å²) in [5.74, 6) is -2.76. The van der Waals surface area contributed by atoms with Crippen molar-refractivity contribution in [1.29, 1.82) is 0 Å². The number of ether oxygens (including phenoxy) is 4. The predicted molar refractivity (Wildman–Crippen MR) is 131 cm³/mol. The van der Waals surface area contributed by atoms with Crippen molar-refractivity contribution in [2.24, 2.45) is 0 Å². The second-order valence-electron chi connectivity index (χ2n) is 7.71. The number of hydrogen-bond acceptors (Lipinski definition) is 8. The molecular formula is C26H26N2O8. The zero-order valence-corrected chi connectivity index (χ0v) is 20.4. The Bertz CT molecular complexity index is 1400. The van der Waals surface area contributed by atoms with Gasteiger partial charge in [-0.05, 0) is 33.1 Å². The summed E-state index contributed by atoms with van der Waals surface area (Å²) in [5, 5.41) is 2.16. The molecule has 0 spiro atoms. The van der Waals surface area contributed by atoms with Gasteiger partial charge in [0.25, 0.3) is 0 Å². The minimum absolute atomic E-state index is 0.0439. The molecule has 36 heavy (non-hydrogen) atoms. The smallest absolute Gasteiger partial charge is 0.355 e. The number of aromatic nitrogens is 2. The third-order valence-corrected chi connectivity index (χ3v) is 5.64. The van der Waals surface area contributed by atoms with Crippen LogP contribution in [0.2, 0.25) is 0 Å². The van der Waals surface area contributed by atoms with E-state index in [9.17, 15) is 19.2 Å². The Labute approximate surface area is 205 Å². The summed E-state index contributed by atoms with van der Waals surface area (Å²) in [7, 11) is 0. The van der Waals surface area contributed by atoms with Crippen LogP contribution in [0.3, 0.4) is 0 Å². The molecule has 0 atom stereocenters. The van der Waals surface area contributed by atoms with E-state index >= 15 is 0 Å². The zero-order chi connectivity index (χ0) is 26.0. The van der Waals surface area contributed by atoms with Crippen molar-refractivity contribution < 1.29 is 38.1 Å². The molecule has 2 heterocycles. The number of H-pyrrole nitrogens is 2. The summed E-state index contributed by atoms with van der Waals surface area (Å²) in [6.45, 7) is 7.13. The van der Waals surface area contributed by atoms with Crippen LogP contribution in [0.5, 0.6) is 0 Å². The molecule has 4 rings (SSSR count). The van der Waals surface area contributed by atoms with E-state index in [1.807, 2.05) is 0 Å². The first kappa shape index (κ1) is 24.8. The lowest BCUT2D eigenvalue weighted by atomic mass is 10.0. The number of fused-ring (bicyclic) bond motifs is 5. The van der Waals surface area contributed by atoms with Gasteiger partial charge in [0.1, 0.15) is 11.4 Å². The largest absolute Gasteiger partial charge is 0.462 e. The highest BCUT2D eigenvalue weighted by atomic mass is 16.5. The van der Waals surface area contributed by atoms with Crippen molar-refractivity contribution in [2.45, 2.75) is 27.7 Å². The Kier molecular flexibility index (Phi) is 6.96. The van der Waals surface area contributed by atoms with Crippen molar-refractivity contribution in [1.82, 2.24) is 9.97 Å². The maximum Gasteiger partial charge on any atom is 0.355 e. The van der Waals surface area contributed by atoms with E-state index in [1.54, 1.807) is 52.0 Å². The molecule has 4 aromatic rings. The first-order valence-electron chi connectivity index (χ1n) is 11.7. The topological polar surface area (TPSA) is 137 Å². The van der Waals surface area contributed by atoms with Gasteiger partial charge in [0.15, 0.2) is 0 Å². The van der Waals surface area contributed by atoms with Gasteiger partial charge < -0.3 is 28.9 Å². The Morgan fingerprint density at radius 2 is 0.944 bits per heavy atom. The molecule has 0 fully saturated rings. The Morgan fingerprint density at radius 1 is 0.583 bits per heavy atom. The van der Waals surface area contributed by atoms with Gasteiger partial charge in [-0.3, -0.25) is 0 Å². The van der Waals surface area contributed by atoms with Crippen LogP contribution >= 0.6 is 0 Å². The summed E-state index contributed by atoms with van der Waals surface area (Å²) in [6, 6.07) is 6.96. The van der Waals surface area contributed by atoms with Crippen molar-refractivity contribution in [3.05, 3.63) is 46.8 Å². The second-order valence-corrected chi connectivity index (χ2v) is 7.71. The molecule has 0 saturated carbocycles. The number of nitrogens with one attached hydrogen (secondary N) is 2. The van der Waals surface area contributed by atoms with E-state index < -0.39 is 23.9 Å². The van der Waals surface area contributed by atoms with Crippen LogP contribution in [0.15, 0.2) is 24.3 Å². The SMILES string of the molecule is CCOC(=O)c1[nH]c2c(ccc3ccc4c(C(=O)OCC)c(C(=O)OCC)[nH]c4c32)c1C(=O)OCC. The maximum atomic E-state index is 12.8. The van der Waals surface area contributed by atoms with Crippen LogP contribution in [0.4, 0.5) is 0 Å². The number of carbonyl (C=O) groups is 4. The van der Waals surface area contributed by atoms with Gasteiger partial charge in [-0.15, -0.1) is 0 Å². The molecule has 0 aliphatic heterocycles. The predicted octanol–water partition coefficient (Wildman–Crippen LogP) is 4.51. The lowest BCUT2D eigenvalue weighted by Crippen LogP contribution is -2.13. The highest BCUT2D eigenvalue weighted by Gasteiger charge is 2.29. The van der Waals surface area contributed by atoms with Crippen LogP contribution in [-0.2, 0) is 18.9 Å². The fourth-order valence-electron chi connectivity index (χ4n) is 4.28. The van der Waals surface area contributed by atoms with Crippen LogP contribution in [0.1, 0.15) is 69.4 Å². The van der Waals surface area contributed by atoms with Gasteiger partial charge in [0.2, 0.25) is 0 Å². The number of rotatable bonds is 8. The number of benzene rings is 2. The molecular weight excluding hydrogens is 468 g/mol. The summed E-state index contributed by atoms with van der Waals surface area (Å²) >= 11 is 0. The summed E-state index contributed by atoms with van der Waals surface area (Å²) < 4.78 is 20.7. The monoisotopic (exact) mass is 494 g/mol. The Balaban J connectivity index is 2.11. The standard InChI is InChI=1S/C26H26N2O8/c1-5-33-23(29)17-14-11-9-13-10-12-15-18(24(30)34-6-2)22(26(32)36-8-4)28-20(15)16(13)19(14)27-21(17)25(31)35-7-3/h9-12,27-28H,5-8H2,1-4H3. The zero-order valence-electron chi connectivity index (χ0n) is 20.4. The Morgan fingerprint density at radius 3 is 1.31 bits per heavy atom. The quantitative estimate of drug-likeness (QED) is 0.270. The van der Waals surface area contributed by atoms with Crippen molar-refractivity contribution >= 4 is 56.5 Å². The molecule has 0 aliphatic carbocycles. The number of carbonyl (C=O) groups excluding carboxylic acids is 4. The van der Waals surface area contributed by atoms with Crippen LogP contribution in [0.25, 0.3) is 32.6 Å². The van der Waals surface area contributed by atoms with Crippen LogP contribution in [0, 0.1) is 0 Å². The maximum absolute atomic E-state index is 12.8. The fraction of sp³-hybridized carbons (Fsp3) is 0.308. The first-order chi connectivity index (χ1) is 17.4. The van der Waals surface area contributed by atoms with E-state index in [4.69, 9.17) is 18.9 Å². The molecule has 2 aromatic carbocycles. The molecule has 0 aliphatic rings. The number of esters is 4. The lowest BCUT2D eigenvalue weighted by molar-refractivity contribution is 0.0477. The first-order valence-corrected chi connectivity index (χ1v) is 11.7. The van der Waals surface area contributed by atoms with E-state index in [1.165, 1.54) is 0 Å². The lowest BCUT2D eigenvalue weighted by Gasteiger charge is -2.05. The summed E-state index contributed by atoms with van der Waals surface area (Å²) in [4.78, 5) is 57.2. The van der Waals surface area contributed by atoms with E-state index in [0.29, 0.717) is 27.2 Å². The van der Waals surface area contributed by atoms with E-state index in [2.05, 4.69) is 9.97 Å². The molecule has 10 heteroatoms. The number of aromatic amines is 2. The van der Waals surface area contributed by atoms with Crippen LogP contribution < -0.4 is 0 Å². The molecule has 0 bridgehead atoms. The van der Waals surface area contributed by atoms with E-state index in [-0.39, 0.29) is 48.9 Å². The van der Waals surface area contributed by atoms with Gasteiger partial charge >= 0.3 is 23.9 Å². The Hall–Kier alpha value is -4.34. The van der Waals surface area contributed by atoms with Crippen LogP contribution in [-0.4, -0.2) is 60.3 Å². The minimum Gasteiger partial charge on any atom is -0.462 e. The fourth-order valence-corrected chi connectivity index (χ4v) is 4.28. The van der Waals surface area contributed by atoms with Gasteiger partial charge in [-0.2, -0.15) is 0 Å². The van der Waals surface area contributed by atoms with Gasteiger partial charge in [-0.25, -0.2) is 19.2 Å². The highest BCUT2D eigenvalue weighted by Crippen LogP contribution is 2.37. The van der Waals surface area contributed by atoms with Gasteiger partial charge in [-0.1, -0.05) is 24.3 Å². The molecule has 0 amide bonds.